The number of ether oxygens (including phenoxy) is 2. The van der Waals surface area contributed by atoms with Gasteiger partial charge in [0.2, 0.25) is 5.91 Å². The van der Waals surface area contributed by atoms with E-state index in [0.29, 0.717) is 22.4 Å². The first kappa shape index (κ1) is 13.9. The molecule has 2 aromatic carbocycles. The van der Waals surface area contributed by atoms with Gasteiger partial charge in [-0.15, -0.1) is 0 Å². The second kappa shape index (κ2) is 5.37. The van der Waals surface area contributed by atoms with Crippen molar-refractivity contribution in [2.24, 2.45) is 5.73 Å². The molecule has 0 fully saturated rings. The number of hydrogen-bond donors (Lipinski definition) is 1. The van der Waals surface area contributed by atoms with Crippen LogP contribution < -0.4 is 10.5 Å². The Labute approximate surface area is 127 Å². The quantitative estimate of drug-likeness (QED) is 0.882. The SMILES string of the molecule is COc1ccc(/C=C2\OC(=O)c3ccc(C(N)=O)cc32)cc1. The smallest absolute Gasteiger partial charge is 0.344 e. The van der Waals surface area contributed by atoms with E-state index in [4.69, 9.17) is 15.2 Å². The van der Waals surface area contributed by atoms with Gasteiger partial charge < -0.3 is 15.2 Å². The molecule has 110 valence electrons. The summed E-state index contributed by atoms with van der Waals surface area (Å²) in [5, 5.41) is 0. The fourth-order valence-corrected chi connectivity index (χ4v) is 2.25. The van der Waals surface area contributed by atoms with Crippen molar-refractivity contribution >= 4 is 23.7 Å². The lowest BCUT2D eigenvalue weighted by Crippen LogP contribution is -2.11. The van der Waals surface area contributed by atoms with Crippen LogP contribution in [0.25, 0.3) is 11.8 Å². The van der Waals surface area contributed by atoms with Gasteiger partial charge in [0.05, 0.1) is 12.7 Å². The lowest BCUT2D eigenvalue weighted by atomic mass is 10.0. The number of hydrogen-bond acceptors (Lipinski definition) is 4. The van der Waals surface area contributed by atoms with Gasteiger partial charge >= 0.3 is 5.97 Å². The first-order chi connectivity index (χ1) is 10.6. The Balaban J connectivity index is 2.03. The van der Waals surface area contributed by atoms with Gasteiger partial charge in [-0.05, 0) is 42.0 Å². The van der Waals surface area contributed by atoms with Gasteiger partial charge in [0.15, 0.2) is 0 Å². The van der Waals surface area contributed by atoms with Crippen molar-refractivity contribution in [1.82, 2.24) is 0 Å². The van der Waals surface area contributed by atoms with Crippen LogP contribution in [0, 0.1) is 0 Å². The molecule has 0 saturated carbocycles. The third kappa shape index (κ3) is 2.44. The van der Waals surface area contributed by atoms with Crippen LogP contribution in [-0.4, -0.2) is 19.0 Å². The second-order valence-corrected chi connectivity index (χ2v) is 4.80. The fraction of sp³-hybridized carbons (Fsp3) is 0.0588. The van der Waals surface area contributed by atoms with Gasteiger partial charge in [-0.2, -0.15) is 0 Å². The Kier molecular flexibility index (Phi) is 3.39. The van der Waals surface area contributed by atoms with Crippen molar-refractivity contribution in [1.29, 1.82) is 0 Å². The highest BCUT2D eigenvalue weighted by Gasteiger charge is 2.27. The van der Waals surface area contributed by atoms with Crippen molar-refractivity contribution in [3.8, 4) is 5.75 Å². The molecule has 1 heterocycles. The molecule has 0 saturated heterocycles. The zero-order chi connectivity index (χ0) is 15.7. The van der Waals surface area contributed by atoms with Crippen LogP contribution in [0.1, 0.15) is 31.8 Å². The number of carbonyl (C=O) groups excluding carboxylic acids is 2. The van der Waals surface area contributed by atoms with Gasteiger partial charge in [0.1, 0.15) is 11.5 Å². The standard InChI is InChI=1S/C17H13NO4/c1-21-12-5-2-10(3-6-12)8-15-14-9-11(16(18)19)4-7-13(14)17(20)22-15/h2-9H,1H3,(H2,18,19)/b15-8-. The summed E-state index contributed by atoms with van der Waals surface area (Å²) in [7, 11) is 1.59. The van der Waals surface area contributed by atoms with Crippen LogP contribution in [-0.2, 0) is 4.74 Å². The highest BCUT2D eigenvalue weighted by molar-refractivity contribution is 6.07. The zero-order valence-corrected chi connectivity index (χ0v) is 11.8. The highest BCUT2D eigenvalue weighted by Crippen LogP contribution is 2.32. The molecule has 0 atom stereocenters. The van der Waals surface area contributed by atoms with E-state index in [2.05, 4.69) is 0 Å². The molecule has 3 rings (SSSR count). The number of fused-ring (bicyclic) bond motifs is 1. The predicted molar refractivity (Wildman–Crippen MR) is 81.2 cm³/mol. The minimum absolute atomic E-state index is 0.331. The first-order valence-electron chi connectivity index (χ1n) is 6.60. The Morgan fingerprint density at radius 2 is 1.86 bits per heavy atom. The van der Waals surface area contributed by atoms with Crippen LogP contribution in [0.15, 0.2) is 42.5 Å². The number of cyclic esters (lactones) is 1. The molecule has 5 nitrogen and oxygen atoms in total. The van der Waals surface area contributed by atoms with E-state index in [1.807, 2.05) is 24.3 Å². The van der Waals surface area contributed by atoms with Crippen LogP contribution in [0.3, 0.4) is 0 Å². The summed E-state index contributed by atoms with van der Waals surface area (Å²) in [6.07, 6.45) is 1.73. The molecule has 0 aliphatic carbocycles. The van der Waals surface area contributed by atoms with E-state index >= 15 is 0 Å². The molecule has 0 spiro atoms. The van der Waals surface area contributed by atoms with Crippen molar-refractivity contribution in [3.05, 3.63) is 64.7 Å². The normalized spacial score (nSPS) is 14.6. The first-order valence-corrected chi connectivity index (χ1v) is 6.60. The summed E-state index contributed by atoms with van der Waals surface area (Å²) in [6.45, 7) is 0. The van der Waals surface area contributed by atoms with Crippen LogP contribution in [0.2, 0.25) is 0 Å². The molecule has 22 heavy (non-hydrogen) atoms. The largest absolute Gasteiger partial charge is 0.497 e. The summed E-state index contributed by atoms with van der Waals surface area (Å²) in [6, 6.07) is 11.9. The number of nitrogens with two attached hydrogens (primary N) is 1. The van der Waals surface area contributed by atoms with Crippen LogP contribution in [0.5, 0.6) is 5.75 Å². The summed E-state index contributed by atoms with van der Waals surface area (Å²) < 4.78 is 10.4. The number of primary amides is 1. The Hall–Kier alpha value is -3.08. The maximum atomic E-state index is 11.8. The third-order valence-corrected chi connectivity index (χ3v) is 3.41. The van der Waals surface area contributed by atoms with E-state index in [-0.39, 0.29) is 0 Å². The minimum atomic E-state index is -0.550. The number of rotatable bonds is 3. The number of benzene rings is 2. The maximum Gasteiger partial charge on any atom is 0.344 e. The Morgan fingerprint density at radius 3 is 2.50 bits per heavy atom. The lowest BCUT2D eigenvalue weighted by Gasteiger charge is -2.02. The van der Waals surface area contributed by atoms with Crippen LogP contribution >= 0.6 is 0 Å². The molecule has 0 bridgehead atoms. The summed E-state index contributed by atoms with van der Waals surface area (Å²) in [5.41, 5.74) is 7.44. The van der Waals surface area contributed by atoms with Gasteiger partial charge in [0, 0.05) is 11.1 Å². The Morgan fingerprint density at radius 1 is 1.14 bits per heavy atom. The molecular formula is C17H13NO4. The van der Waals surface area contributed by atoms with Gasteiger partial charge in [-0.25, -0.2) is 4.79 Å². The highest BCUT2D eigenvalue weighted by atomic mass is 16.5. The number of carbonyl (C=O) groups is 2. The average molecular weight is 295 g/mol. The topological polar surface area (TPSA) is 78.6 Å². The molecule has 5 heteroatoms. The predicted octanol–water partition coefficient (Wildman–Crippen LogP) is 2.46. The summed E-state index contributed by atoms with van der Waals surface area (Å²) in [5.74, 6) is 0.145. The van der Waals surface area contributed by atoms with Gasteiger partial charge in [-0.1, -0.05) is 12.1 Å². The van der Waals surface area contributed by atoms with E-state index in [9.17, 15) is 9.59 Å². The third-order valence-electron chi connectivity index (χ3n) is 3.41. The molecule has 2 N–H and O–H groups in total. The molecule has 1 amide bonds. The number of esters is 1. The number of amides is 1. The molecule has 0 radical (unpaired) electrons. The minimum Gasteiger partial charge on any atom is -0.497 e. The van der Waals surface area contributed by atoms with E-state index in [1.165, 1.54) is 6.07 Å². The van der Waals surface area contributed by atoms with E-state index in [1.54, 1.807) is 25.3 Å². The Bertz CT molecular complexity index is 791. The van der Waals surface area contributed by atoms with E-state index < -0.39 is 11.9 Å². The molecular weight excluding hydrogens is 282 g/mol. The van der Waals surface area contributed by atoms with Crippen molar-refractivity contribution < 1.29 is 19.1 Å². The van der Waals surface area contributed by atoms with Crippen molar-refractivity contribution in [3.63, 3.8) is 0 Å². The average Bonchev–Trinajstić information content (AvgIpc) is 2.84. The lowest BCUT2D eigenvalue weighted by molar-refractivity contribution is 0.0716. The summed E-state index contributed by atoms with van der Waals surface area (Å²) >= 11 is 0. The molecule has 1 aliphatic rings. The molecule has 1 aliphatic heterocycles. The van der Waals surface area contributed by atoms with Gasteiger partial charge in [0.25, 0.3) is 0 Å². The van der Waals surface area contributed by atoms with Crippen molar-refractivity contribution in [2.45, 2.75) is 0 Å². The molecule has 0 unspecified atom stereocenters. The monoisotopic (exact) mass is 295 g/mol. The number of methoxy groups -OCH3 is 1. The molecule has 2 aromatic rings. The zero-order valence-electron chi connectivity index (χ0n) is 11.8. The van der Waals surface area contributed by atoms with E-state index in [0.717, 1.165) is 11.3 Å². The maximum absolute atomic E-state index is 11.8. The van der Waals surface area contributed by atoms with Crippen molar-refractivity contribution in [2.75, 3.05) is 7.11 Å². The van der Waals surface area contributed by atoms with Crippen LogP contribution in [0.4, 0.5) is 0 Å². The summed E-state index contributed by atoms with van der Waals surface area (Å²) in [4.78, 5) is 23.1. The molecule has 0 aromatic heterocycles. The van der Waals surface area contributed by atoms with Gasteiger partial charge in [-0.3, -0.25) is 4.79 Å². The second-order valence-electron chi connectivity index (χ2n) is 4.80. The fourth-order valence-electron chi connectivity index (χ4n) is 2.25.